The number of nitro groups is 1. The highest BCUT2D eigenvalue weighted by atomic mass is 79.9. The summed E-state index contributed by atoms with van der Waals surface area (Å²) in [4.78, 5) is 10.7. The molecule has 0 aromatic heterocycles. The Balaban J connectivity index is 3.06. The van der Waals surface area contributed by atoms with Gasteiger partial charge in [0.15, 0.2) is 0 Å². The Morgan fingerprint density at radius 3 is 2.63 bits per heavy atom. The van der Waals surface area contributed by atoms with Crippen molar-refractivity contribution in [2.24, 2.45) is 11.7 Å². The quantitative estimate of drug-likeness (QED) is 0.617. The molecular formula is C13H20BrN3O2. The minimum atomic E-state index is -0.389. The number of benzene rings is 1. The van der Waals surface area contributed by atoms with E-state index in [-0.39, 0.29) is 16.1 Å². The van der Waals surface area contributed by atoms with Crippen molar-refractivity contribution in [1.82, 2.24) is 0 Å². The highest BCUT2D eigenvalue weighted by Crippen LogP contribution is 2.31. The number of nitrogens with two attached hydrogens (primary N) is 1. The minimum Gasteiger partial charge on any atom is -0.373 e. The lowest BCUT2D eigenvalue weighted by Crippen LogP contribution is -2.43. The van der Waals surface area contributed by atoms with Gasteiger partial charge in [-0.3, -0.25) is 10.1 Å². The number of hydrogen-bond donors (Lipinski definition) is 2. The molecule has 1 aromatic carbocycles. The Bertz CT molecular complexity index is 465. The zero-order valence-corrected chi connectivity index (χ0v) is 13.0. The van der Waals surface area contributed by atoms with Gasteiger partial charge in [0.05, 0.1) is 4.92 Å². The Kier molecular flexibility index (Phi) is 5.31. The van der Waals surface area contributed by atoms with Crippen LogP contribution in [0.2, 0.25) is 0 Å². The first-order valence-electron chi connectivity index (χ1n) is 6.19. The average Bonchev–Trinajstić information content (AvgIpc) is 2.30. The molecule has 19 heavy (non-hydrogen) atoms. The van der Waals surface area contributed by atoms with Crippen LogP contribution in [-0.4, -0.2) is 17.0 Å². The molecule has 3 N–H and O–H groups in total. The molecule has 0 aliphatic heterocycles. The Hall–Kier alpha value is -1.14. The molecule has 1 unspecified atom stereocenters. The van der Waals surface area contributed by atoms with Crippen LogP contribution in [0.3, 0.4) is 0 Å². The third-order valence-electron chi connectivity index (χ3n) is 2.90. The van der Waals surface area contributed by atoms with Gasteiger partial charge in [-0.05, 0) is 31.4 Å². The normalized spacial score (nSPS) is 14.2. The van der Waals surface area contributed by atoms with E-state index >= 15 is 0 Å². The zero-order chi connectivity index (χ0) is 14.6. The lowest BCUT2D eigenvalue weighted by molar-refractivity contribution is -0.384. The fourth-order valence-corrected chi connectivity index (χ4v) is 2.52. The van der Waals surface area contributed by atoms with Crippen molar-refractivity contribution in [2.45, 2.75) is 32.7 Å². The van der Waals surface area contributed by atoms with Crippen LogP contribution < -0.4 is 11.1 Å². The molecule has 0 radical (unpaired) electrons. The van der Waals surface area contributed by atoms with Gasteiger partial charge in [-0.1, -0.05) is 29.8 Å². The van der Waals surface area contributed by atoms with E-state index in [1.54, 1.807) is 12.1 Å². The first-order chi connectivity index (χ1) is 8.77. The SMILES string of the molecule is CC(C)CC(C)(CN)Nc1ccc(Br)cc1[N+](=O)[O-]. The van der Waals surface area contributed by atoms with Crippen LogP contribution in [0.4, 0.5) is 11.4 Å². The smallest absolute Gasteiger partial charge is 0.293 e. The topological polar surface area (TPSA) is 81.2 Å². The third-order valence-corrected chi connectivity index (χ3v) is 3.40. The fourth-order valence-electron chi connectivity index (χ4n) is 2.17. The van der Waals surface area contributed by atoms with Crippen LogP contribution in [0.5, 0.6) is 0 Å². The predicted molar refractivity (Wildman–Crippen MR) is 81.3 cm³/mol. The van der Waals surface area contributed by atoms with Crippen molar-refractivity contribution < 1.29 is 4.92 Å². The highest BCUT2D eigenvalue weighted by Gasteiger charge is 2.26. The Labute approximate surface area is 121 Å². The molecule has 0 aliphatic rings. The first-order valence-corrected chi connectivity index (χ1v) is 6.99. The van der Waals surface area contributed by atoms with E-state index < -0.39 is 0 Å². The van der Waals surface area contributed by atoms with Crippen LogP contribution in [0.1, 0.15) is 27.2 Å². The van der Waals surface area contributed by atoms with Gasteiger partial charge < -0.3 is 11.1 Å². The average molecular weight is 330 g/mol. The molecule has 5 nitrogen and oxygen atoms in total. The summed E-state index contributed by atoms with van der Waals surface area (Å²) < 4.78 is 0.683. The van der Waals surface area contributed by atoms with Crippen molar-refractivity contribution in [2.75, 3.05) is 11.9 Å². The summed E-state index contributed by atoms with van der Waals surface area (Å²) in [5, 5.41) is 14.3. The summed E-state index contributed by atoms with van der Waals surface area (Å²) in [6.45, 7) is 6.61. The van der Waals surface area contributed by atoms with Crippen LogP contribution in [0, 0.1) is 16.0 Å². The van der Waals surface area contributed by atoms with Crippen LogP contribution in [0.25, 0.3) is 0 Å². The summed E-state index contributed by atoms with van der Waals surface area (Å²) in [7, 11) is 0. The molecule has 0 saturated heterocycles. The van der Waals surface area contributed by atoms with Crippen molar-refractivity contribution >= 4 is 27.3 Å². The van der Waals surface area contributed by atoms with E-state index in [2.05, 4.69) is 35.1 Å². The van der Waals surface area contributed by atoms with E-state index in [1.807, 2.05) is 6.92 Å². The number of hydrogen-bond acceptors (Lipinski definition) is 4. The highest BCUT2D eigenvalue weighted by molar-refractivity contribution is 9.10. The summed E-state index contributed by atoms with van der Waals surface area (Å²) >= 11 is 3.24. The summed E-state index contributed by atoms with van der Waals surface area (Å²) in [5.41, 5.74) is 6.02. The molecule has 0 heterocycles. The van der Waals surface area contributed by atoms with E-state index in [4.69, 9.17) is 5.73 Å². The van der Waals surface area contributed by atoms with Crippen LogP contribution >= 0.6 is 15.9 Å². The van der Waals surface area contributed by atoms with Gasteiger partial charge in [0.1, 0.15) is 5.69 Å². The molecule has 6 heteroatoms. The van der Waals surface area contributed by atoms with Gasteiger partial charge in [0.2, 0.25) is 0 Å². The molecule has 0 saturated carbocycles. The monoisotopic (exact) mass is 329 g/mol. The number of anilines is 1. The second-order valence-electron chi connectivity index (χ2n) is 5.41. The molecular weight excluding hydrogens is 310 g/mol. The van der Waals surface area contributed by atoms with Crippen molar-refractivity contribution in [3.8, 4) is 0 Å². The van der Waals surface area contributed by atoms with Crippen LogP contribution in [0.15, 0.2) is 22.7 Å². The zero-order valence-electron chi connectivity index (χ0n) is 11.4. The standard InChI is InChI=1S/C13H20BrN3O2/c1-9(2)7-13(3,8-15)16-11-5-4-10(14)6-12(11)17(18)19/h4-6,9,16H,7-8,15H2,1-3H3. The van der Waals surface area contributed by atoms with Gasteiger partial charge in [-0.25, -0.2) is 0 Å². The maximum absolute atomic E-state index is 11.1. The molecule has 1 aromatic rings. The van der Waals surface area contributed by atoms with Crippen molar-refractivity contribution in [1.29, 1.82) is 0 Å². The lowest BCUT2D eigenvalue weighted by atomic mass is 9.90. The molecule has 1 atom stereocenters. The molecule has 0 fully saturated rings. The van der Waals surface area contributed by atoms with Gasteiger partial charge in [0.25, 0.3) is 5.69 Å². The summed E-state index contributed by atoms with van der Waals surface area (Å²) in [5.74, 6) is 0.454. The van der Waals surface area contributed by atoms with E-state index in [0.717, 1.165) is 6.42 Å². The van der Waals surface area contributed by atoms with Crippen LogP contribution in [-0.2, 0) is 0 Å². The largest absolute Gasteiger partial charge is 0.373 e. The number of nitro benzene ring substituents is 1. The third kappa shape index (κ3) is 4.47. The number of nitrogens with zero attached hydrogens (tertiary/aromatic N) is 1. The van der Waals surface area contributed by atoms with Crippen molar-refractivity contribution in [3.05, 3.63) is 32.8 Å². The number of nitrogens with one attached hydrogen (secondary N) is 1. The second kappa shape index (κ2) is 6.34. The predicted octanol–water partition coefficient (Wildman–Crippen LogP) is 3.53. The van der Waals surface area contributed by atoms with Crippen molar-refractivity contribution in [3.63, 3.8) is 0 Å². The van der Waals surface area contributed by atoms with Gasteiger partial charge in [0, 0.05) is 22.6 Å². The molecule has 0 amide bonds. The number of halogens is 1. The van der Waals surface area contributed by atoms with Gasteiger partial charge in [-0.15, -0.1) is 0 Å². The Morgan fingerprint density at radius 2 is 2.16 bits per heavy atom. The van der Waals surface area contributed by atoms with E-state index in [0.29, 0.717) is 22.6 Å². The minimum absolute atomic E-state index is 0.0535. The first kappa shape index (κ1) is 15.9. The maximum Gasteiger partial charge on any atom is 0.293 e. The second-order valence-corrected chi connectivity index (χ2v) is 6.32. The van der Waals surface area contributed by atoms with E-state index in [9.17, 15) is 10.1 Å². The lowest BCUT2D eigenvalue weighted by Gasteiger charge is -2.32. The molecule has 1 rings (SSSR count). The maximum atomic E-state index is 11.1. The van der Waals surface area contributed by atoms with Gasteiger partial charge in [-0.2, -0.15) is 0 Å². The molecule has 0 bridgehead atoms. The van der Waals surface area contributed by atoms with E-state index in [1.165, 1.54) is 6.07 Å². The molecule has 0 aliphatic carbocycles. The Morgan fingerprint density at radius 1 is 1.53 bits per heavy atom. The molecule has 0 spiro atoms. The summed E-state index contributed by atoms with van der Waals surface area (Å²) in [6, 6.07) is 4.98. The molecule has 106 valence electrons. The van der Waals surface area contributed by atoms with Gasteiger partial charge >= 0.3 is 0 Å². The number of rotatable bonds is 6. The fraction of sp³-hybridized carbons (Fsp3) is 0.538. The summed E-state index contributed by atoms with van der Waals surface area (Å²) in [6.07, 6.45) is 0.844.